The number of halogens is 3. The number of hydrogen-bond donors (Lipinski definition) is 2. The number of hydrogen-bond acceptors (Lipinski definition) is 3. The summed E-state index contributed by atoms with van der Waals surface area (Å²) >= 11 is 0. The van der Waals surface area contributed by atoms with Crippen molar-refractivity contribution in [3.8, 4) is 0 Å². The molecule has 1 aromatic rings. The quantitative estimate of drug-likeness (QED) is 0.797. The van der Waals surface area contributed by atoms with E-state index in [4.69, 9.17) is 5.73 Å². The Balaban J connectivity index is 2.63. The van der Waals surface area contributed by atoms with Gasteiger partial charge in [-0.25, -0.2) is 4.99 Å². The lowest BCUT2D eigenvalue weighted by Gasteiger charge is -2.22. The first kappa shape index (κ1) is 12.4. The number of guanidine groups is 1. The summed E-state index contributed by atoms with van der Waals surface area (Å²) in [6, 6.07) is 4.82. The number of aliphatic imine (C=N–C) groups is 1. The van der Waals surface area contributed by atoms with E-state index >= 15 is 0 Å². The summed E-state index contributed by atoms with van der Waals surface area (Å²) in [7, 11) is 0. The third-order valence-electron chi connectivity index (χ3n) is 2.78. The average Bonchev–Trinajstić information content (AvgIpc) is 2.52. The number of alkyl halides is 3. The molecule has 1 atom stereocenters. The number of nitrogens with two attached hydrogens (primary N) is 1. The van der Waals surface area contributed by atoms with Crippen LogP contribution in [0.25, 0.3) is 0 Å². The van der Waals surface area contributed by atoms with Gasteiger partial charge in [0, 0.05) is 5.56 Å². The number of nitrogens with zero attached hydrogens (tertiary/aromatic N) is 1. The molecule has 1 amide bonds. The molecular formula is C11H10F3N3O. The minimum absolute atomic E-state index is 0.181. The van der Waals surface area contributed by atoms with Gasteiger partial charge in [0.25, 0.3) is 5.91 Å². The summed E-state index contributed by atoms with van der Waals surface area (Å²) in [5.74, 6) is -0.851. The van der Waals surface area contributed by atoms with E-state index in [2.05, 4.69) is 10.3 Å². The fraction of sp³-hybridized carbons (Fsp3) is 0.273. The van der Waals surface area contributed by atoms with E-state index in [1.165, 1.54) is 25.1 Å². The van der Waals surface area contributed by atoms with Gasteiger partial charge < -0.3 is 5.73 Å². The van der Waals surface area contributed by atoms with E-state index in [0.717, 1.165) is 6.07 Å². The lowest BCUT2D eigenvalue weighted by atomic mass is 9.88. The molecule has 1 aromatic carbocycles. The molecule has 1 aliphatic heterocycles. The van der Waals surface area contributed by atoms with E-state index in [0.29, 0.717) is 0 Å². The predicted molar refractivity (Wildman–Crippen MR) is 58.6 cm³/mol. The molecule has 0 saturated heterocycles. The summed E-state index contributed by atoms with van der Waals surface area (Å²) in [5.41, 5.74) is 2.59. The molecular weight excluding hydrogens is 247 g/mol. The molecule has 4 nitrogen and oxygen atoms in total. The predicted octanol–water partition coefficient (Wildman–Crippen LogP) is 1.37. The van der Waals surface area contributed by atoms with Crippen LogP contribution in [-0.4, -0.2) is 11.9 Å². The molecule has 3 N–H and O–H groups in total. The van der Waals surface area contributed by atoms with Gasteiger partial charge in [0.2, 0.25) is 0 Å². The Morgan fingerprint density at radius 2 is 1.94 bits per heavy atom. The van der Waals surface area contributed by atoms with E-state index in [1.54, 1.807) is 0 Å². The van der Waals surface area contributed by atoms with Gasteiger partial charge in [-0.2, -0.15) is 13.2 Å². The summed E-state index contributed by atoms with van der Waals surface area (Å²) in [6.07, 6.45) is -4.55. The highest BCUT2D eigenvalue weighted by Gasteiger charge is 2.46. The Hall–Kier alpha value is -2.05. The van der Waals surface area contributed by atoms with E-state index in [9.17, 15) is 18.0 Å². The van der Waals surface area contributed by atoms with Crippen LogP contribution in [0.3, 0.4) is 0 Å². The highest BCUT2D eigenvalue weighted by atomic mass is 19.4. The van der Waals surface area contributed by atoms with Crippen molar-refractivity contribution in [2.45, 2.75) is 18.6 Å². The summed E-state index contributed by atoms with van der Waals surface area (Å²) < 4.78 is 38.7. The van der Waals surface area contributed by atoms with Gasteiger partial charge in [0.05, 0.1) is 5.56 Å². The molecule has 18 heavy (non-hydrogen) atoms. The second-order valence-electron chi connectivity index (χ2n) is 4.07. The number of amides is 1. The minimum atomic E-state index is -4.55. The number of rotatable bonds is 1. The Morgan fingerprint density at radius 1 is 1.33 bits per heavy atom. The SMILES string of the molecule is CC1(c2ccccc2C(F)(F)F)N=C(N)NC1=O. The summed E-state index contributed by atoms with van der Waals surface area (Å²) in [4.78, 5) is 15.5. The smallest absolute Gasteiger partial charge is 0.370 e. The molecule has 1 heterocycles. The van der Waals surface area contributed by atoms with E-state index < -0.39 is 23.2 Å². The fourth-order valence-corrected chi connectivity index (χ4v) is 1.89. The van der Waals surface area contributed by atoms with Gasteiger partial charge in [-0.1, -0.05) is 18.2 Å². The molecule has 0 spiro atoms. The summed E-state index contributed by atoms with van der Waals surface area (Å²) in [6.45, 7) is 1.30. The van der Waals surface area contributed by atoms with Crippen molar-refractivity contribution in [3.05, 3.63) is 35.4 Å². The topological polar surface area (TPSA) is 67.5 Å². The molecule has 0 bridgehead atoms. The van der Waals surface area contributed by atoms with Crippen LogP contribution < -0.4 is 11.1 Å². The van der Waals surface area contributed by atoms with E-state index in [-0.39, 0.29) is 11.5 Å². The second kappa shape index (κ2) is 3.72. The van der Waals surface area contributed by atoms with Crippen molar-refractivity contribution in [3.63, 3.8) is 0 Å². The van der Waals surface area contributed by atoms with Crippen LogP contribution in [0.1, 0.15) is 18.1 Å². The number of benzene rings is 1. The van der Waals surface area contributed by atoms with Crippen LogP contribution in [0.2, 0.25) is 0 Å². The molecule has 0 aliphatic carbocycles. The largest absolute Gasteiger partial charge is 0.416 e. The van der Waals surface area contributed by atoms with Gasteiger partial charge in [-0.3, -0.25) is 10.1 Å². The molecule has 1 unspecified atom stereocenters. The molecule has 0 saturated carbocycles. The highest BCUT2D eigenvalue weighted by Crippen LogP contribution is 2.39. The normalized spacial score (nSPS) is 23.8. The maximum absolute atomic E-state index is 12.9. The lowest BCUT2D eigenvalue weighted by molar-refractivity contribution is -0.139. The Kier molecular flexibility index (Phi) is 2.57. The Labute approximate surface area is 101 Å². The first-order valence-electron chi connectivity index (χ1n) is 5.08. The monoisotopic (exact) mass is 257 g/mol. The maximum Gasteiger partial charge on any atom is 0.416 e. The number of carbonyl (C=O) groups is 1. The van der Waals surface area contributed by atoms with Crippen molar-refractivity contribution in [1.29, 1.82) is 0 Å². The van der Waals surface area contributed by atoms with Crippen molar-refractivity contribution in [1.82, 2.24) is 5.32 Å². The van der Waals surface area contributed by atoms with Crippen LogP contribution in [0.4, 0.5) is 13.2 Å². The van der Waals surface area contributed by atoms with Crippen molar-refractivity contribution < 1.29 is 18.0 Å². The lowest BCUT2D eigenvalue weighted by Crippen LogP contribution is -2.38. The van der Waals surface area contributed by atoms with Crippen LogP contribution in [0, 0.1) is 0 Å². The maximum atomic E-state index is 12.9. The first-order valence-corrected chi connectivity index (χ1v) is 5.08. The highest BCUT2D eigenvalue weighted by molar-refractivity contribution is 6.07. The standard InChI is InChI=1S/C11H10F3N3O/c1-10(8(18)16-9(15)17-10)6-4-2-3-5-7(6)11(12,13)14/h2-5H,1H3,(H3,15,16,17,18). The molecule has 96 valence electrons. The molecule has 7 heteroatoms. The first-order chi connectivity index (χ1) is 8.25. The van der Waals surface area contributed by atoms with Crippen LogP contribution in [0.5, 0.6) is 0 Å². The minimum Gasteiger partial charge on any atom is -0.370 e. The third kappa shape index (κ3) is 1.81. The van der Waals surface area contributed by atoms with Crippen LogP contribution >= 0.6 is 0 Å². The van der Waals surface area contributed by atoms with Gasteiger partial charge in [-0.15, -0.1) is 0 Å². The molecule has 0 fully saturated rings. The fourth-order valence-electron chi connectivity index (χ4n) is 1.89. The summed E-state index contributed by atoms with van der Waals surface area (Å²) in [5, 5.41) is 2.21. The Morgan fingerprint density at radius 3 is 2.44 bits per heavy atom. The second-order valence-corrected chi connectivity index (χ2v) is 4.07. The molecule has 2 rings (SSSR count). The van der Waals surface area contributed by atoms with Crippen LogP contribution in [0.15, 0.2) is 29.3 Å². The molecule has 0 radical (unpaired) electrons. The van der Waals surface area contributed by atoms with E-state index in [1.807, 2.05) is 0 Å². The van der Waals surface area contributed by atoms with Crippen molar-refractivity contribution >= 4 is 11.9 Å². The third-order valence-corrected chi connectivity index (χ3v) is 2.78. The van der Waals surface area contributed by atoms with Crippen LogP contribution in [-0.2, 0) is 16.5 Å². The van der Waals surface area contributed by atoms with Gasteiger partial charge in [-0.05, 0) is 13.0 Å². The zero-order chi connectivity index (χ0) is 13.6. The number of nitrogens with one attached hydrogen (secondary N) is 1. The zero-order valence-electron chi connectivity index (χ0n) is 9.38. The van der Waals surface area contributed by atoms with Crippen molar-refractivity contribution in [2.24, 2.45) is 10.7 Å². The van der Waals surface area contributed by atoms with Gasteiger partial charge >= 0.3 is 6.18 Å². The van der Waals surface area contributed by atoms with Gasteiger partial charge in [0.1, 0.15) is 0 Å². The Bertz CT molecular complexity index is 539. The zero-order valence-corrected chi connectivity index (χ0v) is 9.38. The van der Waals surface area contributed by atoms with Gasteiger partial charge in [0.15, 0.2) is 11.5 Å². The van der Waals surface area contributed by atoms with Crippen molar-refractivity contribution in [2.75, 3.05) is 0 Å². The molecule has 1 aliphatic rings. The molecule has 0 aromatic heterocycles. The average molecular weight is 257 g/mol. The number of carbonyl (C=O) groups excluding carboxylic acids is 1.